The molecule has 1 saturated heterocycles. The van der Waals surface area contributed by atoms with Gasteiger partial charge >= 0.3 is 0 Å². The first-order chi connectivity index (χ1) is 12.6. The fourth-order valence-corrected chi connectivity index (χ4v) is 5.67. The summed E-state index contributed by atoms with van der Waals surface area (Å²) >= 11 is 0. The molecule has 0 aliphatic carbocycles. The predicted octanol–water partition coefficient (Wildman–Crippen LogP) is 1.71. The Labute approximate surface area is 158 Å². The minimum atomic E-state index is -3.86. The number of hydrogen-bond acceptors (Lipinski definition) is 5. The van der Waals surface area contributed by atoms with E-state index in [9.17, 15) is 21.6 Å². The molecule has 0 unspecified atom stereocenters. The van der Waals surface area contributed by atoms with E-state index in [2.05, 4.69) is 10.0 Å². The van der Waals surface area contributed by atoms with E-state index in [0.29, 0.717) is 12.1 Å². The van der Waals surface area contributed by atoms with Crippen LogP contribution in [0.25, 0.3) is 0 Å². The van der Waals surface area contributed by atoms with Crippen LogP contribution in [0.2, 0.25) is 0 Å². The Morgan fingerprint density at radius 2 is 1.85 bits per heavy atom. The van der Waals surface area contributed by atoms with Crippen molar-refractivity contribution >= 4 is 31.5 Å². The molecular formula is C18H20N2O5S2. The lowest BCUT2D eigenvalue weighted by molar-refractivity contribution is 0.0941. The number of hydrogen-bond donors (Lipinski definition) is 2. The second-order valence-corrected chi connectivity index (χ2v) is 10.5. The van der Waals surface area contributed by atoms with E-state index in [1.807, 2.05) is 13.0 Å². The SMILES string of the molecule is Cc1cccc(NS(=O)(=O)c2cccc(C(=O)N[C@@H]3CCS(=O)(=O)C3)c2)c1. The fourth-order valence-electron chi connectivity index (χ4n) is 2.90. The van der Waals surface area contributed by atoms with Crippen LogP contribution in [-0.4, -0.2) is 40.3 Å². The molecule has 0 spiro atoms. The molecule has 9 heteroatoms. The van der Waals surface area contributed by atoms with E-state index in [1.165, 1.54) is 24.3 Å². The number of benzene rings is 2. The molecule has 7 nitrogen and oxygen atoms in total. The lowest BCUT2D eigenvalue weighted by Crippen LogP contribution is -2.35. The number of sulfonamides is 1. The molecule has 2 N–H and O–H groups in total. The first-order valence-electron chi connectivity index (χ1n) is 8.35. The van der Waals surface area contributed by atoms with Gasteiger partial charge in [-0.1, -0.05) is 18.2 Å². The maximum atomic E-state index is 12.6. The fraction of sp³-hybridized carbons (Fsp3) is 0.278. The molecule has 0 bridgehead atoms. The average molecular weight is 409 g/mol. The Balaban J connectivity index is 1.77. The maximum Gasteiger partial charge on any atom is 0.261 e. The summed E-state index contributed by atoms with van der Waals surface area (Å²) < 4.78 is 50.7. The minimum absolute atomic E-state index is 0.0456. The van der Waals surface area contributed by atoms with Crippen LogP contribution >= 0.6 is 0 Å². The van der Waals surface area contributed by atoms with Crippen LogP contribution in [0.3, 0.4) is 0 Å². The minimum Gasteiger partial charge on any atom is -0.348 e. The van der Waals surface area contributed by atoms with Crippen molar-refractivity contribution in [3.05, 3.63) is 59.7 Å². The molecule has 2 aromatic rings. The lowest BCUT2D eigenvalue weighted by Gasteiger charge is -2.12. The summed E-state index contributed by atoms with van der Waals surface area (Å²) in [5.41, 5.74) is 1.50. The third-order valence-electron chi connectivity index (χ3n) is 4.24. The molecule has 1 heterocycles. The molecular weight excluding hydrogens is 388 g/mol. The van der Waals surface area contributed by atoms with E-state index in [4.69, 9.17) is 0 Å². The normalized spacial score (nSPS) is 18.8. The van der Waals surface area contributed by atoms with Crippen molar-refractivity contribution in [3.8, 4) is 0 Å². The Morgan fingerprint density at radius 1 is 1.11 bits per heavy atom. The smallest absolute Gasteiger partial charge is 0.261 e. The highest BCUT2D eigenvalue weighted by Crippen LogP contribution is 2.19. The molecule has 2 aromatic carbocycles. The second kappa shape index (κ2) is 7.32. The van der Waals surface area contributed by atoms with Gasteiger partial charge in [0, 0.05) is 17.3 Å². The number of anilines is 1. The molecule has 1 aliphatic heterocycles. The molecule has 1 atom stereocenters. The topological polar surface area (TPSA) is 109 Å². The summed E-state index contributed by atoms with van der Waals surface area (Å²) in [4.78, 5) is 12.3. The predicted molar refractivity (Wildman–Crippen MR) is 103 cm³/mol. The van der Waals surface area contributed by atoms with Gasteiger partial charge in [0.15, 0.2) is 9.84 Å². The number of aryl methyl sites for hydroxylation is 1. The van der Waals surface area contributed by atoms with Crippen molar-refractivity contribution in [3.63, 3.8) is 0 Å². The van der Waals surface area contributed by atoms with Crippen LogP contribution in [0, 0.1) is 6.92 Å². The van der Waals surface area contributed by atoms with Crippen LogP contribution in [-0.2, 0) is 19.9 Å². The molecule has 1 amide bonds. The van der Waals surface area contributed by atoms with Gasteiger partial charge in [0.2, 0.25) is 0 Å². The molecule has 3 rings (SSSR count). The number of carbonyl (C=O) groups excluding carboxylic acids is 1. The summed E-state index contributed by atoms with van der Waals surface area (Å²) in [5.74, 6) is -0.539. The zero-order chi connectivity index (χ0) is 19.7. The molecule has 1 aliphatic rings. The summed E-state index contributed by atoms with van der Waals surface area (Å²) in [7, 11) is -6.97. The standard InChI is InChI=1S/C18H20N2O5S2/c1-13-4-2-6-15(10-13)20-27(24,25)17-7-3-5-14(11-17)18(21)19-16-8-9-26(22,23)12-16/h2-7,10-11,16,20H,8-9,12H2,1H3,(H,19,21)/t16-/m1/s1. The van der Waals surface area contributed by atoms with Gasteiger partial charge in [-0.15, -0.1) is 0 Å². The highest BCUT2D eigenvalue weighted by molar-refractivity contribution is 7.92. The summed E-state index contributed by atoms with van der Waals surface area (Å²) in [6.07, 6.45) is 0.362. The Morgan fingerprint density at radius 3 is 2.52 bits per heavy atom. The first kappa shape index (κ1) is 19.4. The third-order valence-corrected chi connectivity index (χ3v) is 7.39. The van der Waals surface area contributed by atoms with Gasteiger partial charge in [0.05, 0.1) is 16.4 Å². The molecule has 0 saturated carbocycles. The van der Waals surface area contributed by atoms with E-state index in [-0.39, 0.29) is 22.0 Å². The van der Waals surface area contributed by atoms with Gasteiger partial charge < -0.3 is 5.32 Å². The van der Waals surface area contributed by atoms with Crippen molar-refractivity contribution in [1.29, 1.82) is 0 Å². The first-order valence-corrected chi connectivity index (χ1v) is 11.7. The Bertz CT molecular complexity index is 1080. The van der Waals surface area contributed by atoms with Gasteiger partial charge in [0.25, 0.3) is 15.9 Å². The quantitative estimate of drug-likeness (QED) is 0.783. The summed E-state index contributed by atoms with van der Waals surface area (Å²) in [6, 6.07) is 12.1. The number of carbonyl (C=O) groups is 1. The van der Waals surface area contributed by atoms with Gasteiger partial charge in [0.1, 0.15) is 0 Å². The van der Waals surface area contributed by atoms with Crippen molar-refractivity contribution in [2.45, 2.75) is 24.3 Å². The molecule has 144 valence electrons. The van der Waals surface area contributed by atoms with Crippen LogP contribution < -0.4 is 10.0 Å². The van der Waals surface area contributed by atoms with E-state index in [1.54, 1.807) is 18.2 Å². The van der Waals surface area contributed by atoms with Crippen molar-refractivity contribution in [1.82, 2.24) is 5.32 Å². The maximum absolute atomic E-state index is 12.6. The van der Waals surface area contributed by atoms with Crippen LogP contribution in [0.15, 0.2) is 53.4 Å². The monoisotopic (exact) mass is 408 g/mol. The van der Waals surface area contributed by atoms with Gasteiger partial charge in [-0.05, 0) is 49.2 Å². The highest BCUT2D eigenvalue weighted by Gasteiger charge is 2.29. The largest absolute Gasteiger partial charge is 0.348 e. The van der Waals surface area contributed by atoms with Crippen LogP contribution in [0.4, 0.5) is 5.69 Å². The molecule has 0 radical (unpaired) electrons. The molecule has 1 fully saturated rings. The Kier molecular flexibility index (Phi) is 5.25. The number of sulfone groups is 1. The van der Waals surface area contributed by atoms with Crippen molar-refractivity contribution in [2.75, 3.05) is 16.2 Å². The zero-order valence-electron chi connectivity index (χ0n) is 14.7. The van der Waals surface area contributed by atoms with Crippen molar-refractivity contribution < 1.29 is 21.6 Å². The molecule has 0 aromatic heterocycles. The van der Waals surface area contributed by atoms with Crippen molar-refractivity contribution in [2.24, 2.45) is 0 Å². The van der Waals surface area contributed by atoms with Gasteiger partial charge in [-0.3, -0.25) is 9.52 Å². The van der Waals surface area contributed by atoms with Crippen LogP contribution in [0.5, 0.6) is 0 Å². The third kappa shape index (κ3) is 4.86. The lowest BCUT2D eigenvalue weighted by atomic mass is 10.2. The summed E-state index contributed by atoms with van der Waals surface area (Å²) in [6.45, 7) is 1.85. The van der Waals surface area contributed by atoms with Gasteiger partial charge in [-0.2, -0.15) is 0 Å². The zero-order valence-corrected chi connectivity index (χ0v) is 16.3. The van der Waals surface area contributed by atoms with E-state index in [0.717, 1.165) is 5.56 Å². The van der Waals surface area contributed by atoms with Crippen LogP contribution in [0.1, 0.15) is 22.3 Å². The van der Waals surface area contributed by atoms with Gasteiger partial charge in [-0.25, -0.2) is 16.8 Å². The molecule has 27 heavy (non-hydrogen) atoms. The van der Waals surface area contributed by atoms with E-state index >= 15 is 0 Å². The highest BCUT2D eigenvalue weighted by atomic mass is 32.2. The number of amides is 1. The Hall–Kier alpha value is -2.39. The van der Waals surface area contributed by atoms with E-state index < -0.39 is 31.8 Å². The number of rotatable bonds is 5. The average Bonchev–Trinajstić information content (AvgIpc) is 2.93. The number of nitrogens with one attached hydrogen (secondary N) is 2. The second-order valence-electron chi connectivity index (χ2n) is 6.58. The summed E-state index contributed by atoms with van der Waals surface area (Å²) in [5, 5.41) is 2.65.